The molecule has 39 heavy (non-hydrogen) atoms. The van der Waals surface area contributed by atoms with E-state index >= 15 is 8.78 Å². The van der Waals surface area contributed by atoms with Crippen molar-refractivity contribution < 1.29 is 27.8 Å². The summed E-state index contributed by atoms with van der Waals surface area (Å²) in [5.74, 6) is -0.293. The average Bonchev–Trinajstić information content (AvgIpc) is 3.78. The number of carbonyl (C=O) groups is 1. The number of pyridine rings is 2. The van der Waals surface area contributed by atoms with Gasteiger partial charge in [0.1, 0.15) is 11.6 Å². The van der Waals surface area contributed by atoms with Gasteiger partial charge in [0, 0.05) is 42.6 Å². The number of benzene rings is 1. The third-order valence-corrected chi connectivity index (χ3v) is 7.32. The first kappa shape index (κ1) is 26.8. The number of ketones is 1. The Bertz CT molecular complexity index is 1370. The Hall–Kier alpha value is -3.79. The molecule has 5 rings (SSSR count). The van der Waals surface area contributed by atoms with E-state index in [2.05, 4.69) is 27.2 Å². The van der Waals surface area contributed by atoms with Gasteiger partial charge in [0.25, 0.3) is 0 Å². The van der Waals surface area contributed by atoms with Gasteiger partial charge in [-0.1, -0.05) is 6.58 Å². The smallest absolute Gasteiger partial charge is 0.177 e. The van der Waals surface area contributed by atoms with E-state index in [0.717, 1.165) is 24.6 Å². The number of halogens is 2. The van der Waals surface area contributed by atoms with Crippen molar-refractivity contribution in [3.8, 4) is 22.8 Å². The van der Waals surface area contributed by atoms with Crippen LogP contribution in [0.15, 0.2) is 37.1 Å². The van der Waals surface area contributed by atoms with Crippen molar-refractivity contribution in [2.45, 2.75) is 31.7 Å². The SMILES string of the molecule is C=CC(=O)C[C@H]1CCOC[C@H]1Nc1cc2c(NCC3CC3)nc(-c3c(F)c(OC)cc(OC)c3F)cc2cn1. The minimum atomic E-state index is -0.862. The summed E-state index contributed by atoms with van der Waals surface area (Å²) in [6.07, 6.45) is 6.39. The Labute approximate surface area is 225 Å². The highest BCUT2D eigenvalue weighted by molar-refractivity contribution is 5.96. The lowest BCUT2D eigenvalue weighted by Crippen LogP contribution is -2.39. The number of hydrogen-bond donors (Lipinski definition) is 2. The van der Waals surface area contributed by atoms with Crippen LogP contribution in [0.4, 0.5) is 20.4 Å². The minimum Gasteiger partial charge on any atom is -0.494 e. The molecule has 0 amide bonds. The van der Waals surface area contributed by atoms with Crippen molar-refractivity contribution in [1.82, 2.24) is 9.97 Å². The Morgan fingerprint density at radius 3 is 2.56 bits per heavy atom. The predicted octanol–water partition coefficient (Wildman–Crippen LogP) is 5.38. The molecule has 206 valence electrons. The molecule has 2 aromatic heterocycles. The molecular formula is C29H32F2N4O4. The molecule has 0 bridgehead atoms. The standard InChI is InChI=1S/C29H32F2N4O4/c1-4-19(36)9-17-7-8-39-15-22(17)34-25-11-20-18(14-32-25)10-21(35-29(20)33-13-16-5-6-16)26-27(30)23(37-2)12-24(38-3)28(26)31/h4,10-12,14,16-17,22H,1,5-9,13,15H2,2-3H3,(H,32,34)(H,33,35)/t17-,22-/m1/s1. The van der Waals surface area contributed by atoms with Gasteiger partial charge >= 0.3 is 0 Å². The summed E-state index contributed by atoms with van der Waals surface area (Å²) >= 11 is 0. The number of hydrogen-bond acceptors (Lipinski definition) is 8. The Kier molecular flexibility index (Phi) is 7.92. The monoisotopic (exact) mass is 538 g/mol. The number of anilines is 2. The van der Waals surface area contributed by atoms with Crippen molar-refractivity contribution in [3.63, 3.8) is 0 Å². The van der Waals surface area contributed by atoms with Crippen LogP contribution in [-0.4, -0.2) is 55.8 Å². The van der Waals surface area contributed by atoms with Crippen molar-refractivity contribution in [2.75, 3.05) is 44.6 Å². The Morgan fingerprint density at radius 1 is 1.15 bits per heavy atom. The molecule has 2 N–H and O–H groups in total. The number of methoxy groups -OCH3 is 2. The molecule has 8 nitrogen and oxygen atoms in total. The van der Waals surface area contributed by atoms with Crippen molar-refractivity contribution >= 4 is 28.2 Å². The molecule has 1 aliphatic heterocycles. The summed E-state index contributed by atoms with van der Waals surface area (Å²) in [5.41, 5.74) is -0.238. The van der Waals surface area contributed by atoms with Gasteiger partial charge in [0.05, 0.1) is 38.1 Å². The molecule has 0 radical (unpaired) electrons. The lowest BCUT2D eigenvalue weighted by Gasteiger charge is -2.32. The van der Waals surface area contributed by atoms with E-state index in [-0.39, 0.29) is 40.5 Å². The maximum atomic E-state index is 15.3. The van der Waals surface area contributed by atoms with Crippen molar-refractivity contribution in [3.05, 3.63) is 48.7 Å². The van der Waals surface area contributed by atoms with E-state index in [0.29, 0.717) is 49.1 Å². The van der Waals surface area contributed by atoms with Gasteiger partial charge < -0.3 is 24.8 Å². The van der Waals surface area contributed by atoms with Crippen LogP contribution in [0, 0.1) is 23.5 Å². The van der Waals surface area contributed by atoms with Crippen LogP contribution < -0.4 is 20.1 Å². The molecular weight excluding hydrogens is 506 g/mol. The summed E-state index contributed by atoms with van der Waals surface area (Å²) in [4.78, 5) is 21.2. The topological polar surface area (TPSA) is 94.6 Å². The second-order valence-electron chi connectivity index (χ2n) is 10.0. The number of nitrogens with one attached hydrogen (secondary N) is 2. The lowest BCUT2D eigenvalue weighted by atomic mass is 9.89. The largest absolute Gasteiger partial charge is 0.494 e. The molecule has 2 atom stereocenters. The predicted molar refractivity (Wildman–Crippen MR) is 145 cm³/mol. The number of aromatic nitrogens is 2. The van der Waals surface area contributed by atoms with E-state index < -0.39 is 11.6 Å². The molecule has 0 spiro atoms. The fourth-order valence-corrected chi connectivity index (χ4v) is 4.88. The molecule has 2 fully saturated rings. The fourth-order valence-electron chi connectivity index (χ4n) is 4.88. The first-order valence-electron chi connectivity index (χ1n) is 13.1. The van der Waals surface area contributed by atoms with E-state index in [1.54, 1.807) is 12.3 Å². The lowest BCUT2D eigenvalue weighted by molar-refractivity contribution is -0.116. The highest BCUT2D eigenvalue weighted by Crippen LogP contribution is 2.39. The first-order valence-corrected chi connectivity index (χ1v) is 13.1. The highest BCUT2D eigenvalue weighted by atomic mass is 19.1. The van der Waals surface area contributed by atoms with Crippen LogP contribution in [0.1, 0.15) is 25.7 Å². The summed E-state index contributed by atoms with van der Waals surface area (Å²) in [6, 6.07) is 4.53. The number of rotatable bonds is 11. The van der Waals surface area contributed by atoms with Gasteiger partial charge in [0.15, 0.2) is 28.9 Å². The van der Waals surface area contributed by atoms with Crippen LogP contribution in [0.3, 0.4) is 0 Å². The van der Waals surface area contributed by atoms with Gasteiger partial charge in [-0.25, -0.2) is 18.7 Å². The summed E-state index contributed by atoms with van der Waals surface area (Å²) in [6.45, 7) is 5.34. The molecule has 1 aromatic carbocycles. The van der Waals surface area contributed by atoms with Crippen molar-refractivity contribution in [2.24, 2.45) is 11.8 Å². The molecule has 1 saturated carbocycles. The normalized spacial score (nSPS) is 19.0. The van der Waals surface area contributed by atoms with Gasteiger partial charge in [0.2, 0.25) is 0 Å². The third kappa shape index (κ3) is 5.80. The second kappa shape index (κ2) is 11.5. The Balaban J connectivity index is 1.54. The zero-order valence-corrected chi connectivity index (χ0v) is 22.1. The molecule has 1 aliphatic carbocycles. The van der Waals surface area contributed by atoms with E-state index in [1.807, 2.05) is 6.07 Å². The van der Waals surface area contributed by atoms with Crippen LogP contribution in [0.2, 0.25) is 0 Å². The number of nitrogens with zero attached hydrogens (tertiary/aromatic N) is 2. The summed E-state index contributed by atoms with van der Waals surface area (Å²) in [7, 11) is 2.62. The minimum absolute atomic E-state index is 0.00269. The van der Waals surface area contributed by atoms with Crippen LogP contribution in [0.25, 0.3) is 22.0 Å². The maximum Gasteiger partial charge on any atom is 0.177 e. The number of fused-ring (bicyclic) bond motifs is 1. The van der Waals surface area contributed by atoms with Crippen molar-refractivity contribution in [1.29, 1.82) is 0 Å². The highest BCUT2D eigenvalue weighted by Gasteiger charge is 2.28. The number of ether oxygens (including phenoxy) is 3. The molecule has 1 saturated heterocycles. The summed E-state index contributed by atoms with van der Waals surface area (Å²) in [5, 5.41) is 8.20. The quantitative estimate of drug-likeness (QED) is 0.315. The number of allylic oxidation sites excluding steroid dienone is 1. The average molecular weight is 539 g/mol. The number of carbonyl (C=O) groups excluding carboxylic acids is 1. The van der Waals surface area contributed by atoms with Gasteiger partial charge in [-0.2, -0.15) is 0 Å². The Morgan fingerprint density at radius 2 is 1.90 bits per heavy atom. The maximum absolute atomic E-state index is 15.3. The molecule has 0 unspecified atom stereocenters. The van der Waals surface area contributed by atoms with Crippen LogP contribution in [-0.2, 0) is 9.53 Å². The molecule has 3 heterocycles. The molecule has 2 aliphatic rings. The zero-order chi connectivity index (χ0) is 27.5. The third-order valence-electron chi connectivity index (χ3n) is 7.32. The molecule has 10 heteroatoms. The second-order valence-corrected chi connectivity index (χ2v) is 10.0. The van der Waals surface area contributed by atoms with Crippen LogP contribution in [0.5, 0.6) is 11.5 Å². The summed E-state index contributed by atoms with van der Waals surface area (Å²) < 4.78 is 46.5. The van der Waals surface area contributed by atoms with E-state index in [1.165, 1.54) is 26.4 Å². The van der Waals surface area contributed by atoms with Crippen LogP contribution >= 0.6 is 0 Å². The molecule has 3 aromatic rings. The fraction of sp³-hybridized carbons (Fsp3) is 0.414. The van der Waals surface area contributed by atoms with Gasteiger partial charge in [-0.15, -0.1) is 0 Å². The first-order chi connectivity index (χ1) is 18.9. The zero-order valence-electron chi connectivity index (χ0n) is 22.1. The van der Waals surface area contributed by atoms with E-state index in [4.69, 9.17) is 14.2 Å². The van der Waals surface area contributed by atoms with Gasteiger partial charge in [-0.3, -0.25) is 4.79 Å². The van der Waals surface area contributed by atoms with Gasteiger partial charge in [-0.05, 0) is 49.3 Å². The van der Waals surface area contributed by atoms with E-state index in [9.17, 15) is 4.79 Å².